The molecule has 1 N–H and O–H groups in total. The number of anilines is 1. The standard InChI is InChI=1S/C36H40ClN3O4S/c1-5-28(4)38-36(42)34(23-29-13-8-6-9-14-29)39(24-30-15-12-16-31(37)22-30)35(41)25-40(33-20-19-26(2)21-27(33)3)45(43,44)32-17-10-7-11-18-32/h6-22,28,34H,5,23-25H2,1-4H3,(H,38,42)/t28-,34+/m0/s1. The molecule has 0 aliphatic rings. The lowest BCUT2D eigenvalue weighted by atomic mass is 10.0. The molecule has 4 rings (SSSR count). The van der Waals surface area contributed by atoms with Gasteiger partial charge in [0.25, 0.3) is 10.0 Å². The Morgan fingerprint density at radius 2 is 1.49 bits per heavy atom. The van der Waals surface area contributed by atoms with Crippen LogP contribution >= 0.6 is 11.6 Å². The van der Waals surface area contributed by atoms with E-state index < -0.39 is 28.5 Å². The fraction of sp³-hybridized carbons (Fsp3) is 0.278. The Balaban J connectivity index is 1.83. The summed E-state index contributed by atoms with van der Waals surface area (Å²) in [5.41, 5.74) is 3.65. The average molecular weight is 646 g/mol. The van der Waals surface area contributed by atoms with Crippen LogP contribution in [0.1, 0.15) is 42.5 Å². The number of nitrogens with zero attached hydrogens (tertiary/aromatic N) is 2. The van der Waals surface area contributed by atoms with Crippen LogP contribution in [0.15, 0.2) is 108 Å². The maximum Gasteiger partial charge on any atom is 0.264 e. The van der Waals surface area contributed by atoms with Gasteiger partial charge >= 0.3 is 0 Å². The van der Waals surface area contributed by atoms with Gasteiger partial charge in [0, 0.05) is 24.0 Å². The molecule has 0 unspecified atom stereocenters. The third-order valence-electron chi connectivity index (χ3n) is 7.75. The molecule has 0 radical (unpaired) electrons. The lowest BCUT2D eigenvalue weighted by Gasteiger charge is -2.34. The van der Waals surface area contributed by atoms with Crippen molar-refractivity contribution in [2.45, 2.75) is 64.1 Å². The van der Waals surface area contributed by atoms with Crippen molar-refractivity contribution in [3.05, 3.63) is 130 Å². The second kappa shape index (κ2) is 15.2. The Labute approximate surface area is 271 Å². The summed E-state index contributed by atoms with van der Waals surface area (Å²) in [5, 5.41) is 3.54. The minimum Gasteiger partial charge on any atom is -0.352 e. The van der Waals surface area contributed by atoms with Crippen LogP contribution in [0.2, 0.25) is 5.02 Å². The van der Waals surface area contributed by atoms with E-state index in [-0.39, 0.29) is 29.8 Å². The van der Waals surface area contributed by atoms with E-state index in [4.69, 9.17) is 11.6 Å². The summed E-state index contributed by atoms with van der Waals surface area (Å²) < 4.78 is 29.5. The molecule has 2 amide bonds. The van der Waals surface area contributed by atoms with Crippen LogP contribution in [0.25, 0.3) is 0 Å². The Morgan fingerprint density at radius 1 is 0.844 bits per heavy atom. The number of aryl methyl sites for hydroxylation is 2. The summed E-state index contributed by atoms with van der Waals surface area (Å²) in [4.78, 5) is 30.0. The largest absolute Gasteiger partial charge is 0.352 e. The van der Waals surface area contributed by atoms with E-state index in [1.165, 1.54) is 17.0 Å². The fourth-order valence-corrected chi connectivity index (χ4v) is 6.86. The minimum atomic E-state index is -4.16. The summed E-state index contributed by atoms with van der Waals surface area (Å²) in [5.74, 6) is -0.831. The lowest BCUT2D eigenvalue weighted by Crippen LogP contribution is -2.54. The highest BCUT2D eigenvalue weighted by Gasteiger charge is 2.35. The first-order chi connectivity index (χ1) is 21.5. The van der Waals surface area contributed by atoms with Crippen molar-refractivity contribution in [3.8, 4) is 0 Å². The van der Waals surface area contributed by atoms with E-state index >= 15 is 0 Å². The smallest absolute Gasteiger partial charge is 0.264 e. The molecule has 0 aliphatic heterocycles. The van der Waals surface area contributed by atoms with Gasteiger partial charge in [-0.25, -0.2) is 8.42 Å². The maximum absolute atomic E-state index is 14.6. The van der Waals surface area contributed by atoms with Gasteiger partial charge in [0.15, 0.2) is 0 Å². The van der Waals surface area contributed by atoms with Gasteiger partial charge in [-0.3, -0.25) is 13.9 Å². The first-order valence-corrected chi connectivity index (χ1v) is 16.8. The number of halogens is 1. The van der Waals surface area contributed by atoms with E-state index in [9.17, 15) is 18.0 Å². The predicted octanol–water partition coefficient (Wildman–Crippen LogP) is 6.71. The number of rotatable bonds is 13. The Hall–Kier alpha value is -4.14. The molecule has 0 saturated carbocycles. The summed E-state index contributed by atoms with van der Waals surface area (Å²) in [6.07, 6.45) is 0.951. The molecule has 0 saturated heterocycles. The summed E-state index contributed by atoms with van der Waals surface area (Å²) >= 11 is 6.32. The van der Waals surface area contributed by atoms with Crippen molar-refractivity contribution < 1.29 is 18.0 Å². The number of hydrogen-bond acceptors (Lipinski definition) is 4. The number of carbonyl (C=O) groups is 2. The van der Waals surface area contributed by atoms with Gasteiger partial charge in [-0.2, -0.15) is 0 Å². The van der Waals surface area contributed by atoms with E-state index in [1.54, 1.807) is 42.5 Å². The highest BCUT2D eigenvalue weighted by atomic mass is 35.5. The number of hydrogen-bond donors (Lipinski definition) is 1. The summed E-state index contributed by atoms with van der Waals surface area (Å²) in [6, 6.07) is 29.0. The van der Waals surface area contributed by atoms with Crippen molar-refractivity contribution in [2.75, 3.05) is 10.8 Å². The monoisotopic (exact) mass is 645 g/mol. The van der Waals surface area contributed by atoms with Gasteiger partial charge in [0.2, 0.25) is 11.8 Å². The molecule has 45 heavy (non-hydrogen) atoms. The van der Waals surface area contributed by atoms with Crippen molar-refractivity contribution in [1.29, 1.82) is 0 Å². The van der Waals surface area contributed by atoms with Crippen molar-refractivity contribution >= 4 is 39.1 Å². The first-order valence-electron chi connectivity index (χ1n) is 15.0. The zero-order valence-corrected chi connectivity index (χ0v) is 27.7. The molecule has 9 heteroatoms. The molecule has 4 aromatic rings. The molecule has 2 atom stereocenters. The first kappa shape index (κ1) is 33.7. The molecule has 4 aromatic carbocycles. The molecule has 0 heterocycles. The summed E-state index contributed by atoms with van der Waals surface area (Å²) in [6.45, 7) is 7.17. The number of amides is 2. The van der Waals surface area contributed by atoms with Crippen LogP contribution in [-0.2, 0) is 32.6 Å². The zero-order chi connectivity index (χ0) is 32.6. The van der Waals surface area contributed by atoms with E-state index in [1.807, 2.05) is 76.2 Å². The van der Waals surface area contributed by atoms with Gasteiger partial charge in [-0.1, -0.05) is 96.9 Å². The van der Waals surface area contributed by atoms with E-state index in [0.29, 0.717) is 28.3 Å². The molecule has 0 aromatic heterocycles. The Bertz CT molecular complexity index is 1720. The SMILES string of the molecule is CC[C@H](C)NC(=O)[C@@H](Cc1ccccc1)N(Cc1cccc(Cl)c1)C(=O)CN(c1ccc(C)cc1C)S(=O)(=O)c1ccccc1. The molecular weight excluding hydrogens is 606 g/mol. The minimum absolute atomic E-state index is 0.0525. The Morgan fingerprint density at radius 3 is 2.11 bits per heavy atom. The van der Waals surface area contributed by atoms with Crippen LogP contribution in [-0.4, -0.2) is 43.8 Å². The average Bonchev–Trinajstić information content (AvgIpc) is 3.02. The number of benzene rings is 4. The van der Waals surface area contributed by atoms with Crippen LogP contribution in [0.4, 0.5) is 5.69 Å². The zero-order valence-electron chi connectivity index (χ0n) is 26.1. The third-order valence-corrected chi connectivity index (χ3v) is 9.75. The van der Waals surface area contributed by atoms with Crippen LogP contribution in [0.5, 0.6) is 0 Å². The van der Waals surface area contributed by atoms with Gasteiger partial charge in [0.1, 0.15) is 12.6 Å². The molecule has 0 aliphatic carbocycles. The molecule has 0 fully saturated rings. The highest BCUT2D eigenvalue weighted by Crippen LogP contribution is 2.28. The van der Waals surface area contributed by atoms with Crippen LogP contribution in [0.3, 0.4) is 0 Å². The Kier molecular flexibility index (Phi) is 11.4. The second-order valence-corrected chi connectivity index (χ2v) is 13.6. The molecule has 0 bridgehead atoms. The molecule has 236 valence electrons. The lowest BCUT2D eigenvalue weighted by molar-refractivity contribution is -0.140. The normalized spacial score (nSPS) is 12.6. The molecule has 7 nitrogen and oxygen atoms in total. The van der Waals surface area contributed by atoms with Gasteiger partial charge < -0.3 is 10.2 Å². The summed E-state index contributed by atoms with van der Waals surface area (Å²) in [7, 11) is -4.16. The van der Waals surface area contributed by atoms with Crippen molar-refractivity contribution in [2.24, 2.45) is 0 Å². The maximum atomic E-state index is 14.6. The van der Waals surface area contributed by atoms with Crippen LogP contribution < -0.4 is 9.62 Å². The van der Waals surface area contributed by atoms with Crippen molar-refractivity contribution in [3.63, 3.8) is 0 Å². The van der Waals surface area contributed by atoms with Crippen LogP contribution in [0, 0.1) is 13.8 Å². The van der Waals surface area contributed by atoms with Gasteiger partial charge in [-0.05, 0) is 74.2 Å². The van der Waals surface area contributed by atoms with Gasteiger partial charge in [-0.15, -0.1) is 0 Å². The van der Waals surface area contributed by atoms with E-state index in [0.717, 1.165) is 15.4 Å². The predicted molar refractivity (Wildman–Crippen MR) is 181 cm³/mol. The molecular formula is C36H40ClN3O4S. The topological polar surface area (TPSA) is 86.8 Å². The fourth-order valence-electron chi connectivity index (χ4n) is 5.15. The quantitative estimate of drug-likeness (QED) is 0.175. The van der Waals surface area contributed by atoms with E-state index in [2.05, 4.69) is 5.32 Å². The van der Waals surface area contributed by atoms with Gasteiger partial charge in [0.05, 0.1) is 10.6 Å². The highest BCUT2D eigenvalue weighted by molar-refractivity contribution is 7.92. The number of sulfonamides is 1. The number of nitrogens with one attached hydrogen (secondary N) is 1. The van der Waals surface area contributed by atoms with Crippen molar-refractivity contribution in [1.82, 2.24) is 10.2 Å². The number of carbonyl (C=O) groups excluding carboxylic acids is 2. The molecule has 0 spiro atoms. The second-order valence-electron chi connectivity index (χ2n) is 11.3. The third kappa shape index (κ3) is 8.74.